The first-order chi connectivity index (χ1) is 11.5. The number of rotatable bonds is 8. The van der Waals surface area contributed by atoms with Crippen LogP contribution in [0.5, 0.6) is 11.5 Å². The Morgan fingerprint density at radius 2 is 2.12 bits per heavy atom. The van der Waals surface area contributed by atoms with Crippen LogP contribution < -0.4 is 14.8 Å². The molecule has 2 rings (SSSR count). The van der Waals surface area contributed by atoms with Crippen molar-refractivity contribution < 1.29 is 14.3 Å². The van der Waals surface area contributed by atoms with Crippen LogP contribution in [0.2, 0.25) is 0 Å². The zero-order valence-corrected chi connectivity index (χ0v) is 15.4. The summed E-state index contributed by atoms with van der Waals surface area (Å²) in [6.45, 7) is 7.50. The van der Waals surface area contributed by atoms with Crippen molar-refractivity contribution in [3.05, 3.63) is 29.3 Å². The highest BCUT2D eigenvalue weighted by Crippen LogP contribution is 2.34. The smallest absolute Gasteiger partial charge is 0.270 e. The lowest BCUT2D eigenvalue weighted by Gasteiger charge is -2.13. The van der Waals surface area contributed by atoms with Crippen molar-refractivity contribution in [2.45, 2.75) is 27.2 Å². The molecule has 1 heterocycles. The first-order valence-electron chi connectivity index (χ1n) is 8.10. The Labute approximate surface area is 147 Å². The van der Waals surface area contributed by atoms with Gasteiger partial charge in [0.05, 0.1) is 13.7 Å². The minimum Gasteiger partial charge on any atom is -0.493 e. The second-order valence-electron chi connectivity index (χ2n) is 5.86. The minimum absolute atomic E-state index is 0.136. The molecule has 1 aromatic heterocycles. The summed E-state index contributed by atoms with van der Waals surface area (Å²) in [7, 11) is 1.62. The highest BCUT2D eigenvalue weighted by Gasteiger charge is 2.13. The second-order valence-corrected chi connectivity index (χ2v) is 6.72. The Kier molecular flexibility index (Phi) is 6.61. The van der Waals surface area contributed by atoms with E-state index >= 15 is 0 Å². The summed E-state index contributed by atoms with van der Waals surface area (Å²) in [5.41, 5.74) is 1.35. The lowest BCUT2D eigenvalue weighted by Crippen LogP contribution is -2.24. The number of benzene rings is 1. The van der Waals surface area contributed by atoms with Crippen LogP contribution in [-0.4, -0.2) is 31.2 Å². The van der Waals surface area contributed by atoms with Crippen LogP contribution >= 0.6 is 11.3 Å². The number of ether oxygens (including phenoxy) is 2. The van der Waals surface area contributed by atoms with Crippen LogP contribution in [-0.2, 0) is 0 Å². The predicted molar refractivity (Wildman–Crippen MR) is 97.1 cm³/mol. The van der Waals surface area contributed by atoms with Crippen LogP contribution in [0.3, 0.4) is 0 Å². The third-order valence-corrected chi connectivity index (χ3v) is 4.15. The summed E-state index contributed by atoms with van der Waals surface area (Å²) in [6.07, 6.45) is 0.901. The zero-order valence-electron chi connectivity index (χ0n) is 14.6. The lowest BCUT2D eigenvalue weighted by atomic mass is 10.2. The zero-order chi connectivity index (χ0) is 17.5. The van der Waals surface area contributed by atoms with Crippen molar-refractivity contribution >= 4 is 17.2 Å². The Morgan fingerprint density at radius 1 is 1.33 bits per heavy atom. The van der Waals surface area contributed by atoms with Gasteiger partial charge in [0.1, 0.15) is 10.7 Å². The van der Waals surface area contributed by atoms with Crippen molar-refractivity contribution in [2.24, 2.45) is 5.92 Å². The fourth-order valence-electron chi connectivity index (χ4n) is 2.02. The van der Waals surface area contributed by atoms with E-state index in [-0.39, 0.29) is 5.91 Å². The van der Waals surface area contributed by atoms with Gasteiger partial charge in [0.15, 0.2) is 11.5 Å². The van der Waals surface area contributed by atoms with Gasteiger partial charge in [-0.3, -0.25) is 4.79 Å². The molecule has 6 heteroatoms. The van der Waals surface area contributed by atoms with Crippen LogP contribution in [0.4, 0.5) is 0 Å². The summed E-state index contributed by atoms with van der Waals surface area (Å²) < 4.78 is 11.2. The third-order valence-electron chi connectivity index (χ3n) is 3.26. The number of methoxy groups -OCH3 is 1. The molecule has 1 aromatic carbocycles. The van der Waals surface area contributed by atoms with Gasteiger partial charge in [0.25, 0.3) is 5.91 Å². The predicted octanol–water partition coefficient (Wildman–Crippen LogP) is 3.99. The molecule has 0 aliphatic carbocycles. The molecule has 1 amide bonds. The Bertz CT molecular complexity index is 683. The van der Waals surface area contributed by atoms with Crippen molar-refractivity contribution in [3.8, 4) is 22.1 Å². The number of nitrogens with zero attached hydrogens (tertiary/aromatic N) is 1. The summed E-state index contributed by atoms with van der Waals surface area (Å²) in [5.74, 6) is 1.69. The molecular weight excluding hydrogens is 324 g/mol. The van der Waals surface area contributed by atoms with Crippen molar-refractivity contribution in [1.82, 2.24) is 10.3 Å². The van der Waals surface area contributed by atoms with E-state index in [0.717, 1.165) is 17.0 Å². The van der Waals surface area contributed by atoms with Crippen LogP contribution in [0.25, 0.3) is 10.6 Å². The van der Waals surface area contributed by atoms with Gasteiger partial charge in [-0.25, -0.2) is 4.98 Å². The molecule has 24 heavy (non-hydrogen) atoms. The van der Waals surface area contributed by atoms with E-state index in [1.54, 1.807) is 12.5 Å². The molecule has 0 spiro atoms. The van der Waals surface area contributed by atoms with Gasteiger partial charge in [0, 0.05) is 17.5 Å². The van der Waals surface area contributed by atoms with Crippen LogP contribution in [0.15, 0.2) is 23.6 Å². The van der Waals surface area contributed by atoms with Gasteiger partial charge in [-0.05, 0) is 30.5 Å². The van der Waals surface area contributed by atoms with E-state index in [9.17, 15) is 4.79 Å². The molecule has 0 radical (unpaired) electrons. The van der Waals surface area contributed by atoms with E-state index in [2.05, 4.69) is 24.1 Å². The molecule has 0 atom stereocenters. The van der Waals surface area contributed by atoms with Gasteiger partial charge in [-0.1, -0.05) is 20.8 Å². The molecule has 0 saturated carbocycles. The van der Waals surface area contributed by atoms with Gasteiger partial charge in [-0.2, -0.15) is 0 Å². The lowest BCUT2D eigenvalue weighted by molar-refractivity contribution is 0.0949. The summed E-state index contributed by atoms with van der Waals surface area (Å²) in [4.78, 5) is 16.4. The average molecular weight is 348 g/mol. The van der Waals surface area contributed by atoms with E-state index in [1.165, 1.54) is 11.3 Å². The summed E-state index contributed by atoms with van der Waals surface area (Å²) in [6, 6.07) is 5.71. The van der Waals surface area contributed by atoms with Crippen molar-refractivity contribution in [2.75, 3.05) is 20.3 Å². The maximum atomic E-state index is 12.0. The first kappa shape index (κ1) is 18.3. The molecule has 0 bridgehead atoms. The highest BCUT2D eigenvalue weighted by molar-refractivity contribution is 7.13. The maximum absolute atomic E-state index is 12.0. The van der Waals surface area contributed by atoms with Crippen molar-refractivity contribution in [1.29, 1.82) is 0 Å². The molecule has 0 fully saturated rings. The number of carbonyl (C=O) groups excluding carboxylic acids is 1. The first-order valence-corrected chi connectivity index (χ1v) is 8.98. The van der Waals surface area contributed by atoms with Crippen LogP contribution in [0, 0.1) is 5.92 Å². The number of amides is 1. The highest BCUT2D eigenvalue weighted by atomic mass is 32.1. The number of hydrogen-bond acceptors (Lipinski definition) is 5. The average Bonchev–Trinajstić information content (AvgIpc) is 3.07. The number of nitrogens with one attached hydrogen (secondary N) is 1. The monoisotopic (exact) mass is 348 g/mol. The van der Waals surface area contributed by atoms with E-state index in [4.69, 9.17) is 9.47 Å². The number of hydrogen-bond donors (Lipinski definition) is 1. The number of aromatic nitrogens is 1. The molecule has 0 unspecified atom stereocenters. The standard InChI is InChI=1S/C18H24N2O3S/c1-5-8-19-17(21)14-11-24-18(20-14)13-6-7-15(16(9-13)22-4)23-10-12(2)3/h6-7,9,11-12H,5,8,10H2,1-4H3,(H,19,21). The maximum Gasteiger partial charge on any atom is 0.270 e. The minimum atomic E-state index is -0.136. The Hall–Kier alpha value is -2.08. The largest absolute Gasteiger partial charge is 0.493 e. The SMILES string of the molecule is CCCNC(=O)c1csc(-c2ccc(OCC(C)C)c(OC)c2)n1. The van der Waals surface area contributed by atoms with Gasteiger partial charge in [0.2, 0.25) is 0 Å². The molecule has 130 valence electrons. The summed E-state index contributed by atoms with van der Waals surface area (Å²) in [5, 5.41) is 5.39. The molecular formula is C18H24N2O3S. The summed E-state index contributed by atoms with van der Waals surface area (Å²) >= 11 is 1.44. The van der Waals surface area contributed by atoms with E-state index < -0.39 is 0 Å². The topological polar surface area (TPSA) is 60.5 Å². The van der Waals surface area contributed by atoms with Crippen LogP contribution in [0.1, 0.15) is 37.7 Å². The van der Waals surface area contributed by atoms with E-state index in [0.29, 0.717) is 36.3 Å². The van der Waals surface area contributed by atoms with E-state index in [1.807, 2.05) is 25.1 Å². The molecule has 5 nitrogen and oxygen atoms in total. The van der Waals surface area contributed by atoms with Crippen molar-refractivity contribution in [3.63, 3.8) is 0 Å². The Balaban J connectivity index is 2.17. The molecule has 2 aromatic rings. The fraction of sp³-hybridized carbons (Fsp3) is 0.444. The van der Waals surface area contributed by atoms with Gasteiger partial charge >= 0.3 is 0 Å². The quantitative estimate of drug-likeness (QED) is 0.783. The number of carbonyl (C=O) groups is 1. The third kappa shape index (κ3) is 4.71. The second kappa shape index (κ2) is 8.68. The number of thiazole rings is 1. The Morgan fingerprint density at radius 3 is 2.79 bits per heavy atom. The van der Waals surface area contributed by atoms with Gasteiger partial charge < -0.3 is 14.8 Å². The molecule has 0 aliphatic rings. The normalized spacial score (nSPS) is 10.7. The molecule has 0 aliphatic heterocycles. The fourth-order valence-corrected chi connectivity index (χ4v) is 2.81. The molecule has 1 N–H and O–H groups in total. The molecule has 0 saturated heterocycles. The van der Waals surface area contributed by atoms with Gasteiger partial charge in [-0.15, -0.1) is 11.3 Å².